The minimum absolute atomic E-state index is 0.0135. The number of rotatable bonds is 68. The Hall–Kier alpha value is -1.92. The number of unbranched alkanes of at least 4 members (excludes halogenated alkanes) is 53. The van der Waals surface area contributed by atoms with Gasteiger partial charge in [0.25, 0.3) is 0 Å². The van der Waals surface area contributed by atoms with Gasteiger partial charge in [-0.2, -0.15) is 0 Å². The van der Waals surface area contributed by atoms with Crippen LogP contribution < -0.4 is 5.32 Å². The van der Waals surface area contributed by atoms with Crippen molar-refractivity contribution >= 4 is 11.9 Å². The van der Waals surface area contributed by atoms with Gasteiger partial charge in [0.15, 0.2) is 0 Å². The highest BCUT2D eigenvalue weighted by Gasteiger charge is 2.18. The maximum Gasteiger partial charge on any atom is 0.305 e. The van der Waals surface area contributed by atoms with Gasteiger partial charge in [-0.3, -0.25) is 9.59 Å². The highest BCUT2D eigenvalue weighted by Crippen LogP contribution is 2.19. The molecule has 0 aliphatic carbocycles. The molecule has 472 valence electrons. The summed E-state index contributed by atoms with van der Waals surface area (Å²) in [4.78, 5) is 24.6. The molecule has 0 spiro atoms. The molecule has 0 fully saturated rings. The number of aliphatic hydroxyl groups is 2. The molecule has 3 N–H and O–H groups in total. The normalized spacial score (nSPS) is 12.7. The molecule has 0 radical (unpaired) electrons. The van der Waals surface area contributed by atoms with Crippen LogP contribution in [0.3, 0.4) is 0 Å². The van der Waals surface area contributed by atoms with Gasteiger partial charge in [-0.15, -0.1) is 0 Å². The fourth-order valence-corrected chi connectivity index (χ4v) is 11.4. The summed E-state index contributed by atoms with van der Waals surface area (Å²) < 4.78 is 5.50. The van der Waals surface area contributed by atoms with Crippen LogP contribution >= 0.6 is 0 Å². The number of carbonyl (C=O) groups excluding carboxylic acids is 2. The largest absolute Gasteiger partial charge is 0.466 e. The fourth-order valence-electron chi connectivity index (χ4n) is 11.4. The van der Waals surface area contributed by atoms with Gasteiger partial charge >= 0.3 is 5.97 Å². The van der Waals surface area contributed by atoms with E-state index in [0.717, 1.165) is 51.4 Å². The van der Waals surface area contributed by atoms with Crippen LogP contribution in [0.4, 0.5) is 0 Å². The van der Waals surface area contributed by atoms with E-state index in [-0.39, 0.29) is 18.5 Å². The zero-order valence-corrected chi connectivity index (χ0v) is 54.1. The smallest absolute Gasteiger partial charge is 0.305 e. The monoisotopic (exact) mass is 1120 g/mol. The van der Waals surface area contributed by atoms with Crippen LogP contribution in [0.1, 0.15) is 399 Å². The Balaban J connectivity index is 3.32. The van der Waals surface area contributed by atoms with Gasteiger partial charge in [0.2, 0.25) is 5.91 Å². The predicted molar refractivity (Wildman–Crippen MR) is 352 cm³/mol. The molecule has 0 aromatic carbocycles. The summed E-state index contributed by atoms with van der Waals surface area (Å²) >= 11 is 0. The van der Waals surface area contributed by atoms with Gasteiger partial charge in [-0.05, 0) is 64.2 Å². The first-order valence-corrected chi connectivity index (χ1v) is 36.3. The van der Waals surface area contributed by atoms with Crippen LogP contribution in [0.25, 0.3) is 0 Å². The van der Waals surface area contributed by atoms with Gasteiger partial charge in [0, 0.05) is 12.8 Å². The first-order chi connectivity index (χ1) is 39.5. The molecule has 0 heterocycles. The third-order valence-corrected chi connectivity index (χ3v) is 16.9. The Bertz CT molecular complexity index is 1300. The van der Waals surface area contributed by atoms with Crippen molar-refractivity contribution in [1.82, 2.24) is 5.32 Å². The second-order valence-electron chi connectivity index (χ2n) is 24.9. The van der Waals surface area contributed by atoms with Crippen LogP contribution in [0.2, 0.25) is 0 Å². The number of hydrogen-bond acceptors (Lipinski definition) is 5. The molecule has 0 saturated carbocycles. The molecule has 2 atom stereocenters. The Labute approximate surface area is 500 Å². The van der Waals surface area contributed by atoms with Gasteiger partial charge in [0.1, 0.15) is 0 Å². The van der Waals surface area contributed by atoms with Gasteiger partial charge < -0.3 is 20.3 Å². The summed E-state index contributed by atoms with van der Waals surface area (Å²) in [6.07, 6.45) is 89.5. The molecule has 0 aromatic rings. The van der Waals surface area contributed by atoms with Gasteiger partial charge in [0.05, 0.1) is 25.4 Å². The Morgan fingerprint density at radius 3 is 0.975 bits per heavy atom. The summed E-state index contributed by atoms with van der Waals surface area (Å²) in [5.41, 5.74) is 0. The lowest BCUT2D eigenvalue weighted by Gasteiger charge is -2.20. The van der Waals surface area contributed by atoms with E-state index in [1.807, 2.05) is 6.08 Å². The van der Waals surface area contributed by atoms with E-state index in [1.165, 1.54) is 321 Å². The van der Waals surface area contributed by atoms with E-state index in [9.17, 15) is 19.8 Å². The van der Waals surface area contributed by atoms with Crippen molar-refractivity contribution in [2.24, 2.45) is 0 Å². The SMILES string of the molecule is CCCCC/C=C\C/C=C\CCCCCCCCCC(=O)OCCCCCCCCCCCCCCCCCCCCCCCCCCCCCCCCCCC(=O)NC(CO)C(O)/C=C/CCCCCCCCCCCCCC. The Morgan fingerprint density at radius 2 is 0.625 bits per heavy atom. The van der Waals surface area contributed by atoms with E-state index < -0.39 is 12.1 Å². The number of nitrogens with one attached hydrogen (secondary N) is 1. The van der Waals surface area contributed by atoms with Crippen LogP contribution in [-0.2, 0) is 14.3 Å². The van der Waals surface area contributed by atoms with Gasteiger partial charge in [-0.25, -0.2) is 0 Å². The maximum absolute atomic E-state index is 12.5. The summed E-state index contributed by atoms with van der Waals surface area (Å²) in [5, 5.41) is 23.2. The number of allylic oxidation sites excluding steroid dienone is 5. The number of ether oxygens (including phenoxy) is 1. The predicted octanol–water partition coefficient (Wildman–Crippen LogP) is 23.5. The van der Waals surface area contributed by atoms with Crippen LogP contribution in [0, 0.1) is 0 Å². The lowest BCUT2D eigenvalue weighted by molar-refractivity contribution is -0.143. The van der Waals surface area contributed by atoms with Crippen molar-refractivity contribution in [3.05, 3.63) is 36.5 Å². The second-order valence-corrected chi connectivity index (χ2v) is 24.9. The summed E-state index contributed by atoms with van der Waals surface area (Å²) in [7, 11) is 0. The first-order valence-electron chi connectivity index (χ1n) is 36.3. The lowest BCUT2D eigenvalue weighted by atomic mass is 10.0. The van der Waals surface area contributed by atoms with Crippen LogP contribution in [0.5, 0.6) is 0 Å². The Kier molecular flexibility index (Phi) is 67.9. The number of carbonyl (C=O) groups is 2. The zero-order chi connectivity index (χ0) is 57.8. The molecular weight excluding hydrogens is 983 g/mol. The molecule has 0 aliphatic heterocycles. The number of aliphatic hydroxyl groups excluding tert-OH is 2. The molecule has 0 aliphatic rings. The minimum atomic E-state index is -0.841. The molecular formula is C74H141NO5. The van der Waals surface area contributed by atoms with Crippen molar-refractivity contribution in [3.8, 4) is 0 Å². The van der Waals surface area contributed by atoms with E-state index in [0.29, 0.717) is 19.4 Å². The third kappa shape index (κ3) is 65.2. The second kappa shape index (κ2) is 69.6. The fraction of sp³-hybridized carbons (Fsp3) is 0.892. The molecule has 2 unspecified atom stereocenters. The molecule has 0 saturated heterocycles. The van der Waals surface area contributed by atoms with Crippen LogP contribution in [-0.4, -0.2) is 47.4 Å². The van der Waals surface area contributed by atoms with E-state index in [2.05, 4.69) is 43.5 Å². The maximum atomic E-state index is 12.5. The number of esters is 1. The van der Waals surface area contributed by atoms with Crippen molar-refractivity contribution in [3.63, 3.8) is 0 Å². The van der Waals surface area contributed by atoms with E-state index >= 15 is 0 Å². The lowest BCUT2D eigenvalue weighted by Crippen LogP contribution is -2.45. The van der Waals surface area contributed by atoms with Crippen molar-refractivity contribution in [2.75, 3.05) is 13.2 Å². The molecule has 0 bridgehead atoms. The number of amides is 1. The highest BCUT2D eigenvalue weighted by atomic mass is 16.5. The minimum Gasteiger partial charge on any atom is -0.466 e. The Morgan fingerprint density at radius 1 is 0.350 bits per heavy atom. The average molecular weight is 1120 g/mol. The molecule has 1 amide bonds. The summed E-state index contributed by atoms with van der Waals surface area (Å²) in [6.45, 7) is 4.90. The molecule has 6 heteroatoms. The molecule has 80 heavy (non-hydrogen) atoms. The first kappa shape index (κ1) is 78.1. The number of hydrogen-bond donors (Lipinski definition) is 3. The van der Waals surface area contributed by atoms with Gasteiger partial charge in [-0.1, -0.05) is 359 Å². The third-order valence-electron chi connectivity index (χ3n) is 16.9. The molecule has 0 aromatic heterocycles. The van der Waals surface area contributed by atoms with Crippen molar-refractivity contribution in [1.29, 1.82) is 0 Å². The summed E-state index contributed by atoms with van der Waals surface area (Å²) in [5.74, 6) is -0.0481. The average Bonchev–Trinajstić information content (AvgIpc) is 3.46. The molecule has 0 rings (SSSR count). The highest BCUT2D eigenvalue weighted by molar-refractivity contribution is 5.76. The standard InChI is InChI=1S/C74H141NO5/c1-3-5-7-9-11-13-15-17-19-36-40-44-48-52-56-60-64-68-74(79)80-69-65-61-57-53-49-45-41-38-35-33-31-29-27-25-23-21-20-22-24-26-28-30-32-34-37-39-43-47-51-55-59-63-67-73(78)75-71(70-76)72(77)66-62-58-54-50-46-42-18-16-14-12-10-8-6-4-2/h11,13,17,19,62,66,71-72,76-77H,3-10,12,14-16,18,20-61,63-65,67-70H2,1-2H3,(H,75,78)/b13-11-,19-17-,66-62+. The van der Waals surface area contributed by atoms with E-state index in [4.69, 9.17) is 4.74 Å². The zero-order valence-electron chi connectivity index (χ0n) is 54.1. The summed E-state index contributed by atoms with van der Waals surface area (Å²) in [6, 6.07) is -0.624. The van der Waals surface area contributed by atoms with E-state index in [1.54, 1.807) is 6.08 Å². The van der Waals surface area contributed by atoms with Crippen molar-refractivity contribution < 1.29 is 24.5 Å². The molecule has 6 nitrogen and oxygen atoms in total. The van der Waals surface area contributed by atoms with Crippen LogP contribution in [0.15, 0.2) is 36.5 Å². The topological polar surface area (TPSA) is 95.9 Å². The quantitative estimate of drug-likeness (QED) is 0.0320. The van der Waals surface area contributed by atoms with Crippen molar-refractivity contribution in [2.45, 2.75) is 411 Å².